The Kier molecular flexibility index (Phi) is 12.7. The molecule has 0 aliphatic carbocycles. The van der Waals surface area contributed by atoms with E-state index in [9.17, 15) is 14.7 Å². The Balaban J connectivity index is 1.40. The first-order valence-electron chi connectivity index (χ1n) is 15.0. The summed E-state index contributed by atoms with van der Waals surface area (Å²) >= 11 is 2.20. The Hall–Kier alpha value is -4.50. The highest BCUT2D eigenvalue weighted by atomic mass is 127. The van der Waals surface area contributed by atoms with Gasteiger partial charge in [0.1, 0.15) is 13.2 Å². The zero-order valence-electron chi connectivity index (χ0n) is 26.9. The first-order chi connectivity index (χ1) is 22.6. The van der Waals surface area contributed by atoms with E-state index in [0.29, 0.717) is 54.1 Å². The predicted molar refractivity (Wildman–Crippen MR) is 185 cm³/mol. The number of urea groups is 1. The van der Waals surface area contributed by atoms with Gasteiger partial charge < -0.3 is 39.4 Å². The minimum absolute atomic E-state index is 0.152. The lowest BCUT2D eigenvalue weighted by Gasteiger charge is -2.28. The monoisotopic (exact) mass is 758 g/mol. The number of nitrogens with zero attached hydrogens (tertiary/aromatic N) is 1. The minimum atomic E-state index is -1.15. The van der Waals surface area contributed by atoms with E-state index in [1.165, 1.54) is 7.11 Å². The van der Waals surface area contributed by atoms with E-state index in [-0.39, 0.29) is 12.2 Å². The molecule has 1 aliphatic rings. The maximum atomic E-state index is 12.5. The number of carbonyl (C=O) groups excluding carboxylic acids is 2. The molecule has 0 radical (unpaired) electrons. The molecule has 0 spiro atoms. The predicted octanol–water partition coefficient (Wildman–Crippen LogP) is 5.10. The molecular formula is C34H39IN4O8. The van der Waals surface area contributed by atoms with Crippen LogP contribution in [0.3, 0.4) is 0 Å². The van der Waals surface area contributed by atoms with Crippen LogP contribution in [0.25, 0.3) is 0 Å². The number of halogens is 1. The van der Waals surface area contributed by atoms with Gasteiger partial charge in [-0.25, -0.2) is 9.59 Å². The Labute approximate surface area is 287 Å². The molecule has 13 heteroatoms. The van der Waals surface area contributed by atoms with Crippen molar-refractivity contribution in [2.75, 3.05) is 26.9 Å². The van der Waals surface area contributed by atoms with E-state index in [1.807, 2.05) is 51.1 Å². The fraction of sp³-hybridized carbons (Fsp3) is 0.324. The standard InChI is InChI=1S/C34H39IN4O8/c1-6-44-27-16-24(31-30(33(41)43-5)21(4)37-34(42)38-31)11-12-26(27)46-19-29(40)39-36-17-23-14-25(35)32(28(15-23)45-7-2)47-18-22-10-8-9-20(3)13-22/h8-17,29,31,39-40H,6-7,18-19H2,1-5H3,(H2,37,38,42)/b36-17-/t29-,31-/m1/s1. The number of hydrazone groups is 1. The van der Waals surface area contributed by atoms with Crippen LogP contribution in [0, 0.1) is 10.5 Å². The van der Waals surface area contributed by atoms with Crippen LogP contribution in [0.4, 0.5) is 4.79 Å². The molecule has 4 rings (SSSR count). The van der Waals surface area contributed by atoms with Crippen LogP contribution in [0.15, 0.2) is 71.0 Å². The second-order valence-corrected chi connectivity index (χ2v) is 11.6. The molecule has 1 aliphatic heterocycles. The number of benzene rings is 3. The summed E-state index contributed by atoms with van der Waals surface area (Å²) in [5.74, 6) is 1.41. The molecule has 12 nitrogen and oxygen atoms in total. The molecule has 2 atom stereocenters. The van der Waals surface area contributed by atoms with Gasteiger partial charge in [-0.05, 0) is 91.2 Å². The quantitative estimate of drug-likeness (QED) is 0.0547. The number of aliphatic hydroxyl groups is 1. The number of nitrogens with one attached hydrogen (secondary N) is 3. The summed E-state index contributed by atoms with van der Waals surface area (Å²) in [7, 11) is 1.28. The number of esters is 1. The van der Waals surface area contributed by atoms with Crippen LogP contribution < -0.4 is 35.0 Å². The average molecular weight is 759 g/mol. The highest BCUT2D eigenvalue weighted by molar-refractivity contribution is 14.1. The van der Waals surface area contributed by atoms with Gasteiger partial charge in [-0.2, -0.15) is 5.10 Å². The van der Waals surface area contributed by atoms with E-state index in [4.69, 9.17) is 23.7 Å². The number of hydrogen-bond donors (Lipinski definition) is 4. The Morgan fingerprint density at radius 2 is 1.79 bits per heavy atom. The van der Waals surface area contributed by atoms with Crippen molar-refractivity contribution in [3.05, 3.63) is 91.7 Å². The molecule has 2 amide bonds. The molecule has 0 bridgehead atoms. The Morgan fingerprint density at radius 3 is 2.51 bits per heavy atom. The van der Waals surface area contributed by atoms with E-state index < -0.39 is 24.3 Å². The molecule has 0 saturated heterocycles. The molecule has 0 unspecified atom stereocenters. The molecule has 0 saturated carbocycles. The molecule has 4 N–H and O–H groups in total. The number of ether oxygens (including phenoxy) is 5. The van der Waals surface area contributed by atoms with Gasteiger partial charge in [0.05, 0.1) is 41.7 Å². The van der Waals surface area contributed by atoms with E-state index in [2.05, 4.69) is 49.8 Å². The third-order valence-corrected chi connectivity index (χ3v) is 7.71. The summed E-state index contributed by atoms with van der Waals surface area (Å²) in [6.45, 7) is 8.45. The topological polar surface area (TPSA) is 149 Å². The van der Waals surface area contributed by atoms with Gasteiger partial charge >= 0.3 is 12.0 Å². The lowest BCUT2D eigenvalue weighted by atomic mass is 9.95. The largest absolute Gasteiger partial charge is 0.490 e. The third-order valence-electron chi connectivity index (χ3n) is 6.91. The molecule has 3 aromatic rings. The number of amides is 2. The first kappa shape index (κ1) is 35.4. The summed E-state index contributed by atoms with van der Waals surface area (Å²) in [6, 6.07) is 15.7. The van der Waals surface area contributed by atoms with Crippen molar-refractivity contribution >= 4 is 40.8 Å². The van der Waals surface area contributed by atoms with Crippen molar-refractivity contribution in [2.45, 2.75) is 46.6 Å². The average Bonchev–Trinajstić information content (AvgIpc) is 3.03. The van der Waals surface area contributed by atoms with Crippen LogP contribution in [0.2, 0.25) is 0 Å². The van der Waals surface area contributed by atoms with Crippen molar-refractivity contribution in [1.29, 1.82) is 0 Å². The van der Waals surface area contributed by atoms with Crippen molar-refractivity contribution in [3.63, 3.8) is 0 Å². The van der Waals surface area contributed by atoms with Crippen molar-refractivity contribution in [1.82, 2.24) is 16.1 Å². The van der Waals surface area contributed by atoms with Crippen LogP contribution >= 0.6 is 22.6 Å². The highest BCUT2D eigenvalue weighted by Crippen LogP contribution is 2.36. The van der Waals surface area contributed by atoms with E-state index >= 15 is 0 Å². The summed E-state index contributed by atoms with van der Waals surface area (Å²) < 4.78 is 29.4. The summed E-state index contributed by atoms with van der Waals surface area (Å²) in [4.78, 5) is 24.7. The third kappa shape index (κ3) is 9.51. The van der Waals surface area contributed by atoms with Gasteiger partial charge in [0.15, 0.2) is 29.2 Å². The van der Waals surface area contributed by atoms with Gasteiger partial charge in [-0.3, -0.25) is 5.43 Å². The SMILES string of the molecule is CCOc1cc([C@H]2NC(=O)NC(C)=C2C(=O)OC)ccc1OC[C@@H](O)N/N=C\c1cc(I)c(OCc2cccc(C)c2)c(OCC)c1. The molecular weight excluding hydrogens is 719 g/mol. The molecule has 250 valence electrons. The van der Waals surface area contributed by atoms with Gasteiger partial charge in [0.2, 0.25) is 0 Å². The van der Waals surface area contributed by atoms with Gasteiger partial charge in [-0.15, -0.1) is 0 Å². The van der Waals surface area contributed by atoms with E-state index in [0.717, 1.165) is 20.3 Å². The van der Waals surface area contributed by atoms with Crippen LogP contribution in [0.1, 0.15) is 49.1 Å². The minimum Gasteiger partial charge on any atom is -0.490 e. The molecule has 0 fully saturated rings. The smallest absolute Gasteiger partial charge is 0.337 e. The van der Waals surface area contributed by atoms with Crippen LogP contribution in [0.5, 0.6) is 23.0 Å². The van der Waals surface area contributed by atoms with Gasteiger partial charge in [0, 0.05) is 5.70 Å². The normalized spacial score (nSPS) is 15.0. The first-order valence-corrected chi connectivity index (χ1v) is 16.1. The van der Waals surface area contributed by atoms with Crippen LogP contribution in [-0.4, -0.2) is 56.5 Å². The fourth-order valence-corrected chi connectivity index (χ4v) is 5.62. The fourth-order valence-electron chi connectivity index (χ4n) is 4.84. The number of aryl methyl sites for hydroxylation is 1. The second kappa shape index (κ2) is 16.9. The Bertz CT molecular complexity index is 1640. The molecule has 1 heterocycles. The number of rotatable bonds is 15. The summed E-state index contributed by atoms with van der Waals surface area (Å²) in [5, 5.41) is 20.1. The maximum Gasteiger partial charge on any atom is 0.337 e. The van der Waals surface area contributed by atoms with Crippen LogP contribution in [-0.2, 0) is 16.1 Å². The number of allylic oxidation sites excluding steroid dienone is 1. The van der Waals surface area contributed by atoms with Crippen molar-refractivity contribution in [3.8, 4) is 23.0 Å². The highest BCUT2D eigenvalue weighted by Gasteiger charge is 2.32. The summed E-state index contributed by atoms with van der Waals surface area (Å²) in [5.41, 5.74) is 6.89. The molecule has 0 aromatic heterocycles. The van der Waals surface area contributed by atoms with Gasteiger partial charge in [0.25, 0.3) is 0 Å². The van der Waals surface area contributed by atoms with Gasteiger partial charge in [-0.1, -0.05) is 35.9 Å². The number of hydrogen-bond acceptors (Lipinski definition) is 10. The van der Waals surface area contributed by atoms with Crippen molar-refractivity contribution < 1.29 is 38.4 Å². The molecule has 3 aromatic carbocycles. The Morgan fingerprint density at radius 1 is 1.02 bits per heavy atom. The molecule has 47 heavy (non-hydrogen) atoms. The number of methoxy groups -OCH3 is 1. The summed E-state index contributed by atoms with van der Waals surface area (Å²) in [6.07, 6.45) is 0.420. The number of aliphatic hydroxyl groups excluding tert-OH is 1. The second-order valence-electron chi connectivity index (χ2n) is 10.5. The zero-order chi connectivity index (χ0) is 33.9. The zero-order valence-corrected chi connectivity index (χ0v) is 29.0. The maximum absolute atomic E-state index is 12.5. The van der Waals surface area contributed by atoms with Crippen molar-refractivity contribution in [2.24, 2.45) is 5.10 Å². The van der Waals surface area contributed by atoms with E-state index in [1.54, 1.807) is 31.3 Å². The number of carbonyl (C=O) groups is 2. The lowest BCUT2D eigenvalue weighted by Crippen LogP contribution is -2.45. The lowest BCUT2D eigenvalue weighted by molar-refractivity contribution is -0.136.